The van der Waals surface area contributed by atoms with Crippen molar-refractivity contribution in [1.29, 1.82) is 0 Å². The minimum atomic E-state index is -0.531. The van der Waals surface area contributed by atoms with Crippen LogP contribution >= 0.6 is 11.6 Å². The number of ether oxygens (including phenoxy) is 1. The number of benzene rings is 3. The monoisotopic (exact) mass is 405 g/mol. The summed E-state index contributed by atoms with van der Waals surface area (Å²) >= 11 is 6.46. The standard InChI is InChI=1S/C24H24ClN3O/c1-2-3-12-29-24(25)16-13-17(26)15-18(14-16)27-23-19-8-4-6-10-21(19)28-22-11-7-5-9-20(22)23/h4-11,13-15,24H,2-3,12,26H2,1H3,(H,27,28). The van der Waals surface area contributed by atoms with Crippen molar-refractivity contribution in [1.82, 2.24) is 4.98 Å². The number of anilines is 3. The number of rotatable bonds is 7. The molecule has 1 aromatic heterocycles. The Morgan fingerprint density at radius 2 is 1.66 bits per heavy atom. The van der Waals surface area contributed by atoms with Gasteiger partial charge in [0.05, 0.1) is 16.7 Å². The highest BCUT2D eigenvalue weighted by Gasteiger charge is 2.13. The van der Waals surface area contributed by atoms with Crippen molar-refractivity contribution >= 4 is 50.5 Å². The predicted octanol–water partition coefficient (Wildman–Crippen LogP) is 6.77. The van der Waals surface area contributed by atoms with E-state index in [4.69, 9.17) is 27.1 Å². The molecule has 1 heterocycles. The Bertz CT molecular complexity index is 1090. The first kappa shape index (κ1) is 19.5. The van der Waals surface area contributed by atoms with E-state index in [0.29, 0.717) is 12.3 Å². The van der Waals surface area contributed by atoms with Gasteiger partial charge in [-0.25, -0.2) is 4.98 Å². The Kier molecular flexibility index (Phi) is 5.84. The number of nitrogens with one attached hydrogen (secondary N) is 1. The molecule has 0 saturated heterocycles. The minimum absolute atomic E-state index is 0.531. The van der Waals surface area contributed by atoms with E-state index in [0.717, 1.165) is 51.6 Å². The van der Waals surface area contributed by atoms with E-state index < -0.39 is 5.56 Å². The number of alkyl halides is 1. The topological polar surface area (TPSA) is 60.2 Å². The molecule has 3 aromatic carbocycles. The third kappa shape index (κ3) is 4.29. The molecule has 0 spiro atoms. The van der Waals surface area contributed by atoms with Crippen LogP contribution in [0.3, 0.4) is 0 Å². The Morgan fingerprint density at radius 3 is 2.31 bits per heavy atom. The summed E-state index contributed by atoms with van der Waals surface area (Å²) in [5, 5.41) is 5.66. The van der Waals surface area contributed by atoms with Crippen LogP contribution in [0.15, 0.2) is 66.7 Å². The fourth-order valence-electron chi connectivity index (χ4n) is 3.43. The molecule has 1 atom stereocenters. The molecule has 4 rings (SSSR count). The largest absolute Gasteiger partial charge is 0.399 e. The van der Waals surface area contributed by atoms with Gasteiger partial charge in [-0.15, -0.1) is 0 Å². The first-order chi connectivity index (χ1) is 14.2. The van der Waals surface area contributed by atoms with Crippen molar-refractivity contribution < 1.29 is 4.74 Å². The zero-order valence-corrected chi connectivity index (χ0v) is 17.1. The van der Waals surface area contributed by atoms with E-state index in [2.05, 4.69) is 24.4 Å². The number of fused-ring (bicyclic) bond motifs is 2. The van der Waals surface area contributed by atoms with Crippen LogP contribution < -0.4 is 11.1 Å². The Balaban J connectivity index is 1.74. The summed E-state index contributed by atoms with van der Waals surface area (Å²) in [4.78, 5) is 4.78. The maximum absolute atomic E-state index is 6.46. The number of nitrogens with zero attached hydrogens (tertiary/aromatic N) is 1. The van der Waals surface area contributed by atoms with Crippen molar-refractivity contribution in [2.24, 2.45) is 0 Å². The van der Waals surface area contributed by atoms with Crippen LogP contribution in [-0.4, -0.2) is 11.6 Å². The molecule has 0 bridgehead atoms. The molecule has 0 aliphatic heterocycles. The molecule has 0 aliphatic rings. The predicted molar refractivity (Wildman–Crippen MR) is 123 cm³/mol. The number of nitrogen functional groups attached to an aromatic ring is 1. The van der Waals surface area contributed by atoms with Crippen molar-refractivity contribution in [3.05, 3.63) is 72.3 Å². The second-order valence-corrected chi connectivity index (χ2v) is 7.47. The number of pyridine rings is 1. The third-order valence-corrected chi connectivity index (χ3v) is 5.24. The van der Waals surface area contributed by atoms with E-state index in [1.54, 1.807) is 0 Å². The van der Waals surface area contributed by atoms with Gasteiger partial charge < -0.3 is 15.8 Å². The van der Waals surface area contributed by atoms with Gasteiger partial charge in [0.15, 0.2) is 5.56 Å². The number of aromatic nitrogens is 1. The van der Waals surface area contributed by atoms with Gasteiger partial charge in [-0.1, -0.05) is 61.3 Å². The van der Waals surface area contributed by atoms with Gasteiger partial charge >= 0.3 is 0 Å². The van der Waals surface area contributed by atoms with E-state index in [1.165, 1.54) is 0 Å². The average molecular weight is 406 g/mol. The molecule has 0 amide bonds. The molecule has 29 heavy (non-hydrogen) atoms. The molecular weight excluding hydrogens is 382 g/mol. The highest BCUT2D eigenvalue weighted by atomic mass is 35.5. The lowest BCUT2D eigenvalue weighted by atomic mass is 10.1. The van der Waals surface area contributed by atoms with Gasteiger partial charge in [-0.05, 0) is 42.3 Å². The van der Waals surface area contributed by atoms with Gasteiger partial charge in [0.25, 0.3) is 0 Å². The number of nitrogens with two attached hydrogens (primary N) is 1. The van der Waals surface area contributed by atoms with Crippen LogP contribution in [-0.2, 0) is 4.74 Å². The van der Waals surface area contributed by atoms with Crippen molar-refractivity contribution in [3.63, 3.8) is 0 Å². The number of halogens is 1. The molecule has 4 aromatic rings. The summed E-state index contributed by atoms with van der Waals surface area (Å²) < 4.78 is 5.74. The van der Waals surface area contributed by atoms with Crippen molar-refractivity contribution in [2.75, 3.05) is 17.7 Å². The maximum Gasteiger partial charge on any atom is 0.156 e. The lowest BCUT2D eigenvalue weighted by Crippen LogP contribution is -2.02. The van der Waals surface area contributed by atoms with Crippen LogP contribution in [0.1, 0.15) is 30.9 Å². The van der Waals surface area contributed by atoms with E-state index in [1.807, 2.05) is 54.6 Å². The van der Waals surface area contributed by atoms with E-state index in [-0.39, 0.29) is 0 Å². The van der Waals surface area contributed by atoms with Crippen LogP contribution in [0.2, 0.25) is 0 Å². The highest BCUT2D eigenvalue weighted by Crippen LogP contribution is 2.35. The molecule has 3 N–H and O–H groups in total. The second kappa shape index (κ2) is 8.68. The van der Waals surface area contributed by atoms with Crippen LogP contribution in [0.25, 0.3) is 21.8 Å². The Morgan fingerprint density at radius 1 is 1.00 bits per heavy atom. The Labute approximate surface area is 175 Å². The molecule has 5 heteroatoms. The third-order valence-electron chi connectivity index (χ3n) is 4.86. The summed E-state index contributed by atoms with van der Waals surface area (Å²) in [6.07, 6.45) is 2.04. The fraction of sp³-hybridized carbons (Fsp3) is 0.208. The molecule has 0 aliphatic carbocycles. The van der Waals surface area contributed by atoms with E-state index in [9.17, 15) is 0 Å². The molecule has 4 nitrogen and oxygen atoms in total. The number of para-hydroxylation sites is 2. The first-order valence-corrected chi connectivity index (χ1v) is 10.3. The first-order valence-electron chi connectivity index (χ1n) is 9.86. The van der Waals surface area contributed by atoms with Crippen molar-refractivity contribution in [2.45, 2.75) is 25.3 Å². The van der Waals surface area contributed by atoms with Crippen LogP contribution in [0.4, 0.5) is 17.1 Å². The summed E-state index contributed by atoms with van der Waals surface area (Å²) in [6, 6.07) is 22.0. The van der Waals surface area contributed by atoms with Gasteiger partial charge in [0.1, 0.15) is 0 Å². The normalized spacial score (nSPS) is 12.3. The SMILES string of the molecule is CCCCOC(Cl)c1cc(N)cc(Nc2c3ccccc3nc3ccccc23)c1. The quantitative estimate of drug-likeness (QED) is 0.154. The van der Waals surface area contributed by atoms with Gasteiger partial charge in [-0.2, -0.15) is 0 Å². The van der Waals surface area contributed by atoms with Gasteiger partial charge in [-0.3, -0.25) is 0 Å². The molecule has 1 unspecified atom stereocenters. The zero-order chi connectivity index (χ0) is 20.2. The minimum Gasteiger partial charge on any atom is -0.399 e. The zero-order valence-electron chi connectivity index (χ0n) is 16.4. The van der Waals surface area contributed by atoms with Gasteiger partial charge in [0, 0.05) is 28.8 Å². The van der Waals surface area contributed by atoms with Crippen LogP contribution in [0, 0.1) is 0 Å². The number of hydrogen-bond donors (Lipinski definition) is 2. The summed E-state index contributed by atoms with van der Waals surface area (Å²) in [7, 11) is 0. The summed E-state index contributed by atoms with van der Waals surface area (Å²) in [5.41, 5.74) is 10.9. The highest BCUT2D eigenvalue weighted by molar-refractivity contribution is 6.20. The number of unbranched alkanes of at least 4 members (excludes halogenated alkanes) is 1. The molecule has 148 valence electrons. The molecule has 0 saturated carbocycles. The average Bonchev–Trinajstić information content (AvgIpc) is 2.73. The second-order valence-electron chi connectivity index (χ2n) is 7.07. The Hall–Kier alpha value is -2.82. The summed E-state index contributed by atoms with van der Waals surface area (Å²) in [5.74, 6) is 0. The lowest BCUT2D eigenvalue weighted by Gasteiger charge is -2.17. The van der Waals surface area contributed by atoms with Crippen LogP contribution in [0.5, 0.6) is 0 Å². The lowest BCUT2D eigenvalue weighted by molar-refractivity contribution is 0.105. The molecule has 0 fully saturated rings. The number of hydrogen-bond acceptors (Lipinski definition) is 4. The van der Waals surface area contributed by atoms with E-state index >= 15 is 0 Å². The maximum atomic E-state index is 6.46. The summed E-state index contributed by atoms with van der Waals surface area (Å²) in [6.45, 7) is 2.75. The van der Waals surface area contributed by atoms with Crippen molar-refractivity contribution in [3.8, 4) is 0 Å². The smallest absolute Gasteiger partial charge is 0.156 e. The molecule has 0 radical (unpaired) electrons. The van der Waals surface area contributed by atoms with Gasteiger partial charge in [0.2, 0.25) is 0 Å². The molecular formula is C24H24ClN3O. The fourth-order valence-corrected chi connectivity index (χ4v) is 3.64.